The van der Waals surface area contributed by atoms with Crippen LogP contribution in [-0.4, -0.2) is 81.1 Å². The van der Waals surface area contributed by atoms with Gasteiger partial charge in [-0.2, -0.15) is 0 Å². The summed E-state index contributed by atoms with van der Waals surface area (Å²) in [6.45, 7) is 1.98. The molecule has 1 heterocycles. The van der Waals surface area contributed by atoms with E-state index in [1.165, 1.54) is 0 Å². The van der Waals surface area contributed by atoms with Crippen LogP contribution < -0.4 is 10.6 Å². The van der Waals surface area contributed by atoms with Crippen LogP contribution in [0.4, 0.5) is 0 Å². The van der Waals surface area contributed by atoms with Gasteiger partial charge in [0.1, 0.15) is 0 Å². The van der Waals surface area contributed by atoms with Crippen LogP contribution in [0.3, 0.4) is 0 Å². The number of rotatable bonds is 4. The molecule has 116 valence electrons. The second kappa shape index (κ2) is 6.46. The van der Waals surface area contributed by atoms with E-state index in [2.05, 4.69) is 73.1 Å². The number of nitrogens with zero attached hydrogens (tertiary/aromatic N) is 5. The van der Waals surface area contributed by atoms with E-state index in [0.717, 1.165) is 19.5 Å². The summed E-state index contributed by atoms with van der Waals surface area (Å²) in [5.74, 6) is 0. The van der Waals surface area contributed by atoms with Crippen molar-refractivity contribution in [1.29, 1.82) is 0 Å². The van der Waals surface area contributed by atoms with Gasteiger partial charge in [-0.05, 0) is 0 Å². The molecule has 0 spiro atoms. The summed E-state index contributed by atoms with van der Waals surface area (Å²) in [4.78, 5) is 0. The normalized spacial score (nSPS) is 23.1. The number of hydrogen-bond donors (Lipinski definition) is 2. The Morgan fingerprint density at radius 3 is 1.95 bits per heavy atom. The van der Waals surface area contributed by atoms with Gasteiger partial charge in [0.25, 0.3) is 0 Å². The van der Waals surface area contributed by atoms with Gasteiger partial charge in [0.05, 0.1) is 0 Å². The monoisotopic (exact) mass is 311 g/mol. The van der Waals surface area contributed by atoms with Crippen LogP contribution in [-0.2, 0) is 0 Å². The molecule has 0 saturated carbocycles. The first-order valence-electron chi connectivity index (χ1n) is 6.59. The van der Waals surface area contributed by atoms with Crippen molar-refractivity contribution in [2.24, 2.45) is 10.0 Å². The SMILES string of the molecule is CN(C)P(=N[PH]1(N)NCCCN1C)(N(C)C)N(C)C. The minimum absolute atomic E-state index is 0.963. The molecule has 0 aliphatic carbocycles. The Morgan fingerprint density at radius 2 is 1.58 bits per heavy atom. The molecule has 1 aliphatic heterocycles. The van der Waals surface area contributed by atoms with E-state index in [4.69, 9.17) is 10.0 Å². The van der Waals surface area contributed by atoms with E-state index in [1.807, 2.05) is 0 Å². The molecule has 0 aromatic heterocycles. The Kier molecular flexibility index (Phi) is 5.94. The Hall–Kier alpha value is 0.420. The molecule has 0 atom stereocenters. The van der Waals surface area contributed by atoms with Gasteiger partial charge in [0.15, 0.2) is 0 Å². The molecular formula is C10H31N7P2. The fourth-order valence-electron chi connectivity index (χ4n) is 2.55. The van der Waals surface area contributed by atoms with Crippen molar-refractivity contribution < 1.29 is 0 Å². The Morgan fingerprint density at radius 1 is 1.11 bits per heavy atom. The van der Waals surface area contributed by atoms with Crippen LogP contribution >= 0.6 is 15.4 Å². The average Bonchev–Trinajstić information content (AvgIpc) is 2.29. The zero-order chi connectivity index (χ0) is 14.8. The number of nitrogens with two attached hydrogens (primary N) is 1. The van der Waals surface area contributed by atoms with E-state index in [9.17, 15) is 0 Å². The van der Waals surface area contributed by atoms with Crippen LogP contribution in [0.5, 0.6) is 0 Å². The zero-order valence-electron chi connectivity index (χ0n) is 13.4. The topological polar surface area (TPSA) is 63.4 Å². The second-order valence-electron chi connectivity index (χ2n) is 5.61. The van der Waals surface area contributed by atoms with Crippen molar-refractivity contribution >= 4 is 15.4 Å². The van der Waals surface area contributed by atoms with Gasteiger partial charge < -0.3 is 0 Å². The standard InChI is InChI=1S/C10H31N7P2/c1-14(2)19(15(3)4,16(5)6)13-18(11)12-9-8-10-17(18)7/h12,18H,8-11H2,1-7H3. The fraction of sp³-hybridized carbons (Fsp3) is 1.00. The van der Waals surface area contributed by atoms with E-state index in [0.29, 0.717) is 0 Å². The summed E-state index contributed by atoms with van der Waals surface area (Å²) in [6, 6.07) is 0. The molecule has 0 aromatic carbocycles. The summed E-state index contributed by atoms with van der Waals surface area (Å²) >= 11 is 0. The molecule has 1 fully saturated rings. The fourth-order valence-corrected chi connectivity index (χ4v) is 10.7. The van der Waals surface area contributed by atoms with Crippen LogP contribution in [0, 0.1) is 0 Å². The van der Waals surface area contributed by atoms with Crippen molar-refractivity contribution in [3.05, 3.63) is 0 Å². The number of nitrogens with one attached hydrogen (secondary N) is 1. The second-order valence-corrected chi connectivity index (χ2v) is 12.4. The van der Waals surface area contributed by atoms with Gasteiger partial charge in [-0.25, -0.2) is 0 Å². The van der Waals surface area contributed by atoms with E-state index < -0.39 is 15.4 Å². The van der Waals surface area contributed by atoms with Crippen LogP contribution in [0.15, 0.2) is 4.52 Å². The minimum atomic E-state index is -2.43. The van der Waals surface area contributed by atoms with Crippen molar-refractivity contribution in [3.63, 3.8) is 0 Å². The third-order valence-electron chi connectivity index (χ3n) is 3.53. The van der Waals surface area contributed by atoms with E-state index in [1.54, 1.807) is 0 Å². The molecule has 0 amide bonds. The summed E-state index contributed by atoms with van der Waals surface area (Å²) < 4.78 is 14.0. The average molecular weight is 311 g/mol. The first kappa shape index (κ1) is 17.5. The molecule has 0 unspecified atom stereocenters. The molecule has 3 N–H and O–H groups in total. The third-order valence-corrected chi connectivity index (χ3v) is 11.2. The van der Waals surface area contributed by atoms with E-state index >= 15 is 0 Å². The summed E-state index contributed by atoms with van der Waals surface area (Å²) in [6.07, 6.45) is 1.13. The summed E-state index contributed by atoms with van der Waals surface area (Å²) in [5.41, 5.74) is 6.64. The molecule has 1 aliphatic rings. The van der Waals surface area contributed by atoms with Crippen LogP contribution in [0.2, 0.25) is 0 Å². The van der Waals surface area contributed by atoms with Gasteiger partial charge >= 0.3 is 118 Å². The quantitative estimate of drug-likeness (QED) is 0.753. The molecular weight excluding hydrogens is 280 g/mol. The van der Waals surface area contributed by atoms with Crippen molar-refractivity contribution in [1.82, 2.24) is 23.8 Å². The zero-order valence-corrected chi connectivity index (χ0v) is 15.3. The molecule has 0 bridgehead atoms. The molecule has 9 heteroatoms. The van der Waals surface area contributed by atoms with Gasteiger partial charge in [-0.1, -0.05) is 0 Å². The van der Waals surface area contributed by atoms with Crippen molar-refractivity contribution in [2.75, 3.05) is 62.4 Å². The molecule has 1 rings (SSSR count). The van der Waals surface area contributed by atoms with E-state index in [-0.39, 0.29) is 0 Å². The predicted molar refractivity (Wildman–Crippen MR) is 88.2 cm³/mol. The van der Waals surface area contributed by atoms with Gasteiger partial charge in [0, 0.05) is 0 Å². The Labute approximate surface area is 118 Å². The molecule has 7 nitrogen and oxygen atoms in total. The Balaban J connectivity index is 3.34. The van der Waals surface area contributed by atoms with Gasteiger partial charge in [0.2, 0.25) is 0 Å². The summed E-state index contributed by atoms with van der Waals surface area (Å²) in [7, 11) is 10.2. The third kappa shape index (κ3) is 3.36. The first-order valence-corrected chi connectivity index (χ1v) is 10.2. The molecule has 0 radical (unpaired) electrons. The van der Waals surface area contributed by atoms with Crippen molar-refractivity contribution in [3.8, 4) is 0 Å². The van der Waals surface area contributed by atoms with Crippen molar-refractivity contribution in [2.45, 2.75) is 6.42 Å². The maximum atomic E-state index is 6.64. The number of hydrogen-bond acceptors (Lipinski definition) is 4. The Bertz CT molecular complexity index is 329. The predicted octanol–water partition coefficient (Wildman–Crippen LogP) is 0.911. The maximum absolute atomic E-state index is 6.64. The van der Waals surface area contributed by atoms with Gasteiger partial charge in [-0.3, -0.25) is 0 Å². The molecule has 19 heavy (non-hydrogen) atoms. The van der Waals surface area contributed by atoms with Gasteiger partial charge in [-0.15, -0.1) is 0 Å². The van der Waals surface area contributed by atoms with Crippen LogP contribution in [0.1, 0.15) is 6.42 Å². The molecule has 1 saturated heterocycles. The summed E-state index contributed by atoms with van der Waals surface area (Å²) in [5, 5.41) is 3.49. The molecule has 0 aromatic rings. The first-order chi connectivity index (χ1) is 8.67. The van der Waals surface area contributed by atoms with Crippen LogP contribution in [0.25, 0.3) is 0 Å².